The van der Waals surface area contributed by atoms with Gasteiger partial charge in [-0.2, -0.15) is 0 Å². The molecule has 4 atom stereocenters. The van der Waals surface area contributed by atoms with Crippen LogP contribution in [0.15, 0.2) is 70.2 Å². The van der Waals surface area contributed by atoms with Crippen molar-refractivity contribution in [1.29, 1.82) is 0 Å². The fourth-order valence-corrected chi connectivity index (χ4v) is 7.11. The van der Waals surface area contributed by atoms with E-state index in [0.717, 1.165) is 10.5 Å². The van der Waals surface area contributed by atoms with Crippen LogP contribution in [0, 0.1) is 17.8 Å². The molecule has 2 aromatic rings. The van der Waals surface area contributed by atoms with E-state index in [0.29, 0.717) is 28.7 Å². The third kappa shape index (κ3) is 3.54. The van der Waals surface area contributed by atoms with Crippen molar-refractivity contribution in [2.75, 3.05) is 7.11 Å². The van der Waals surface area contributed by atoms with Crippen LogP contribution in [0.2, 0.25) is 0 Å². The van der Waals surface area contributed by atoms with E-state index in [1.807, 2.05) is 23.6 Å². The van der Waals surface area contributed by atoms with Gasteiger partial charge in [0.25, 0.3) is 0 Å². The number of Topliss-reactive ketones (excluding diaryl/α,β-unsaturated/α-hetero) is 1. The van der Waals surface area contributed by atoms with Gasteiger partial charge in [-0.15, -0.1) is 11.3 Å². The molecule has 4 aliphatic rings. The summed E-state index contributed by atoms with van der Waals surface area (Å²) < 4.78 is 5.32. The highest BCUT2D eigenvalue weighted by atomic mass is 32.1. The molecule has 7 nitrogen and oxygen atoms in total. The summed E-state index contributed by atoms with van der Waals surface area (Å²) in [5, 5.41) is 12.1. The normalized spacial score (nSPS) is 27.0. The molecule has 6 rings (SSSR count). The number of hydrogen-bond donors (Lipinski definition) is 1. The molecule has 8 heteroatoms. The Morgan fingerprint density at radius 1 is 1.11 bits per heavy atom. The molecule has 188 valence electrons. The number of thiophene rings is 1. The maximum atomic E-state index is 13.7. The second-order valence-corrected chi connectivity index (χ2v) is 11.0. The van der Waals surface area contributed by atoms with Crippen molar-refractivity contribution in [3.8, 4) is 11.5 Å². The highest BCUT2D eigenvalue weighted by molar-refractivity contribution is 7.09. The van der Waals surface area contributed by atoms with Crippen molar-refractivity contribution in [2.45, 2.75) is 32.2 Å². The molecule has 4 unspecified atom stereocenters. The second-order valence-electron chi connectivity index (χ2n) is 10.0. The summed E-state index contributed by atoms with van der Waals surface area (Å²) in [7, 11) is 1.45. The quantitative estimate of drug-likeness (QED) is 0.374. The highest BCUT2D eigenvalue weighted by Crippen LogP contribution is 2.55. The number of carbonyl (C=O) groups is 4. The predicted octanol–water partition coefficient (Wildman–Crippen LogP) is 4.09. The number of likely N-dealkylation sites (tertiary alicyclic amines) is 1. The van der Waals surface area contributed by atoms with Gasteiger partial charge < -0.3 is 9.84 Å². The fraction of sp³-hybridized carbons (Fsp3) is 0.310. The van der Waals surface area contributed by atoms with Crippen molar-refractivity contribution in [3.05, 3.63) is 80.6 Å². The molecule has 0 bridgehead atoms. The van der Waals surface area contributed by atoms with E-state index in [2.05, 4.69) is 0 Å². The maximum Gasteiger partial charge on any atom is 0.234 e. The van der Waals surface area contributed by atoms with E-state index in [9.17, 15) is 24.3 Å². The Balaban J connectivity index is 1.47. The number of aromatic hydroxyl groups is 1. The third-order valence-electron chi connectivity index (χ3n) is 8.08. The summed E-state index contributed by atoms with van der Waals surface area (Å²) in [6.45, 7) is 1.88. The number of carbonyl (C=O) groups excluding carboxylic acids is 4. The smallest absolute Gasteiger partial charge is 0.234 e. The molecule has 1 saturated heterocycles. The topological polar surface area (TPSA) is 101 Å². The summed E-state index contributed by atoms with van der Waals surface area (Å²) in [4.78, 5) is 56.0. The SMILES string of the molecule is COc1cc(C2C3=CCC4C(=O)N(Cc5cccs5)C(=O)C4C3CC3=C2C(=O)C=C(C)C3=O)ccc1O. The summed E-state index contributed by atoms with van der Waals surface area (Å²) in [5.74, 6) is -2.61. The molecular formula is C29H25NO6S. The van der Waals surface area contributed by atoms with Crippen LogP contribution in [-0.2, 0) is 25.7 Å². The molecule has 0 saturated carbocycles. The monoisotopic (exact) mass is 515 g/mol. The number of nitrogens with zero attached hydrogens (tertiary/aromatic N) is 1. The summed E-state index contributed by atoms with van der Waals surface area (Å²) in [5.41, 5.74) is 2.77. The van der Waals surface area contributed by atoms with E-state index in [4.69, 9.17) is 4.74 Å². The Hall–Kier alpha value is -3.78. The summed E-state index contributed by atoms with van der Waals surface area (Å²) in [6.07, 6.45) is 4.01. The fourth-order valence-electron chi connectivity index (χ4n) is 6.41. The zero-order valence-corrected chi connectivity index (χ0v) is 21.2. The first kappa shape index (κ1) is 23.6. The number of ketones is 2. The van der Waals surface area contributed by atoms with Crippen LogP contribution >= 0.6 is 11.3 Å². The standard InChI is InChI=1S/C29H25NO6S/c1-14-10-22(32)26-20(27(14)33)12-19-17(24(26)15-5-8-21(31)23(11-15)36-2)6-7-18-25(19)29(35)30(28(18)34)13-16-4-3-9-37-16/h3-6,8-11,18-19,24-25,31H,7,12-13H2,1-2H3. The van der Waals surface area contributed by atoms with E-state index in [1.165, 1.54) is 35.5 Å². The van der Waals surface area contributed by atoms with E-state index >= 15 is 0 Å². The van der Waals surface area contributed by atoms with E-state index in [1.54, 1.807) is 19.1 Å². The van der Waals surface area contributed by atoms with Gasteiger partial charge in [0.05, 0.1) is 25.5 Å². The number of phenolic OH excluding ortho intramolecular Hbond substituents is 1. The largest absolute Gasteiger partial charge is 0.504 e. The first-order chi connectivity index (χ1) is 17.8. The zero-order valence-electron chi connectivity index (χ0n) is 20.4. The number of allylic oxidation sites excluding steroid dienone is 6. The molecule has 1 aromatic carbocycles. The van der Waals surface area contributed by atoms with Crippen LogP contribution in [0.3, 0.4) is 0 Å². The summed E-state index contributed by atoms with van der Waals surface area (Å²) in [6, 6.07) is 8.70. The lowest BCUT2D eigenvalue weighted by atomic mass is 9.59. The molecule has 0 spiro atoms. The first-order valence-electron chi connectivity index (χ1n) is 12.2. The molecule has 2 amide bonds. The van der Waals surface area contributed by atoms with Gasteiger partial charge >= 0.3 is 0 Å². The lowest BCUT2D eigenvalue weighted by Crippen LogP contribution is -2.39. The van der Waals surface area contributed by atoms with Gasteiger partial charge in [0, 0.05) is 27.5 Å². The Bertz CT molecular complexity index is 1460. The van der Waals surface area contributed by atoms with Gasteiger partial charge in [-0.1, -0.05) is 23.8 Å². The minimum absolute atomic E-state index is 0.0342. The van der Waals surface area contributed by atoms with Gasteiger partial charge in [0.15, 0.2) is 23.1 Å². The number of methoxy groups -OCH3 is 1. The van der Waals surface area contributed by atoms with Crippen LogP contribution < -0.4 is 4.74 Å². The number of hydrogen-bond acceptors (Lipinski definition) is 7. The molecule has 3 aliphatic carbocycles. The summed E-state index contributed by atoms with van der Waals surface area (Å²) >= 11 is 1.50. The third-order valence-corrected chi connectivity index (χ3v) is 8.95. The molecule has 1 fully saturated rings. The second kappa shape index (κ2) is 8.66. The van der Waals surface area contributed by atoms with Crippen LogP contribution in [0.1, 0.15) is 36.1 Å². The number of benzene rings is 1. The number of amides is 2. The molecule has 1 aliphatic heterocycles. The molecule has 1 aromatic heterocycles. The van der Waals surface area contributed by atoms with Gasteiger partial charge in [-0.25, -0.2) is 0 Å². The lowest BCUT2D eigenvalue weighted by molar-refractivity contribution is -0.140. The average molecular weight is 516 g/mol. The maximum absolute atomic E-state index is 13.7. The average Bonchev–Trinajstić information content (AvgIpc) is 3.49. The number of phenols is 1. The minimum Gasteiger partial charge on any atom is -0.504 e. The van der Waals surface area contributed by atoms with Crippen molar-refractivity contribution in [1.82, 2.24) is 4.90 Å². The van der Waals surface area contributed by atoms with E-state index in [-0.39, 0.29) is 53.8 Å². The van der Waals surface area contributed by atoms with Crippen LogP contribution in [0.4, 0.5) is 0 Å². The molecule has 2 heterocycles. The number of imide groups is 1. The van der Waals surface area contributed by atoms with Gasteiger partial charge in [0.1, 0.15) is 0 Å². The van der Waals surface area contributed by atoms with E-state index < -0.39 is 17.8 Å². The molecule has 0 radical (unpaired) electrons. The van der Waals surface area contributed by atoms with Crippen molar-refractivity contribution >= 4 is 34.7 Å². The molecular weight excluding hydrogens is 490 g/mol. The number of rotatable bonds is 4. The van der Waals surface area contributed by atoms with Crippen LogP contribution in [0.25, 0.3) is 0 Å². The Morgan fingerprint density at radius 2 is 1.92 bits per heavy atom. The number of ether oxygens (including phenoxy) is 1. The zero-order chi connectivity index (χ0) is 26.0. The molecule has 1 N–H and O–H groups in total. The Morgan fingerprint density at radius 3 is 2.65 bits per heavy atom. The Labute approximate surface area is 217 Å². The first-order valence-corrected chi connectivity index (χ1v) is 13.1. The van der Waals surface area contributed by atoms with Crippen molar-refractivity contribution in [2.24, 2.45) is 17.8 Å². The Kier molecular flexibility index (Phi) is 5.53. The van der Waals surface area contributed by atoms with Crippen molar-refractivity contribution < 1.29 is 29.0 Å². The predicted molar refractivity (Wildman–Crippen MR) is 136 cm³/mol. The molecule has 37 heavy (non-hydrogen) atoms. The number of fused-ring (bicyclic) bond motifs is 3. The van der Waals surface area contributed by atoms with Gasteiger partial charge in [-0.3, -0.25) is 24.1 Å². The lowest BCUT2D eigenvalue weighted by Gasteiger charge is -2.42. The van der Waals surface area contributed by atoms with Crippen LogP contribution in [-0.4, -0.2) is 40.5 Å². The van der Waals surface area contributed by atoms with Crippen LogP contribution in [0.5, 0.6) is 11.5 Å². The van der Waals surface area contributed by atoms with Crippen molar-refractivity contribution in [3.63, 3.8) is 0 Å². The van der Waals surface area contributed by atoms with Gasteiger partial charge in [0.2, 0.25) is 11.8 Å². The van der Waals surface area contributed by atoms with Gasteiger partial charge in [-0.05, 0) is 60.9 Å². The highest BCUT2D eigenvalue weighted by Gasteiger charge is 2.56. The minimum atomic E-state index is -0.586.